The molecule has 0 atom stereocenters. The van der Waals surface area contributed by atoms with Gasteiger partial charge in [0, 0.05) is 6.54 Å². The molecule has 0 spiro atoms. The fraction of sp³-hybridized carbons (Fsp3) is 0.222. The lowest BCUT2D eigenvalue weighted by atomic mass is 10.2. The minimum atomic E-state index is -0.995. The number of hydrogen-bond donors (Lipinski definition) is 3. The Kier molecular flexibility index (Phi) is 6.74. The van der Waals surface area contributed by atoms with Crippen molar-refractivity contribution in [2.45, 2.75) is 0 Å². The first-order chi connectivity index (χ1) is 6.63. The van der Waals surface area contributed by atoms with Gasteiger partial charge < -0.3 is 15.9 Å². The number of carboxylic acid groups (broad SMARTS) is 1. The number of carbonyl (C=O) groups is 1. The molecule has 14 heavy (non-hydrogen) atoms. The van der Waals surface area contributed by atoms with Gasteiger partial charge in [-0.05, 0) is 12.1 Å². The van der Waals surface area contributed by atoms with Crippen molar-refractivity contribution in [2.75, 3.05) is 13.2 Å². The second-order valence-corrected chi connectivity index (χ2v) is 2.70. The highest BCUT2D eigenvalue weighted by Gasteiger charge is 2.04. The summed E-state index contributed by atoms with van der Waals surface area (Å²) in [6.45, 7) is 0.472. The molecule has 0 fully saturated rings. The standard InChI is InChI=1S/C7H5ClO2.C2H7NO/c8-6-4-2-1-3-5(6)7(9)10;3-1-2-4/h1-4H,(H,9,10);4H,1-3H2. The smallest absolute Gasteiger partial charge is 0.337 e. The van der Waals surface area contributed by atoms with Crippen LogP contribution in [0.5, 0.6) is 0 Å². The summed E-state index contributed by atoms with van der Waals surface area (Å²) in [5.74, 6) is -0.995. The quantitative estimate of drug-likeness (QED) is 0.690. The predicted octanol–water partition coefficient (Wildman–Crippen LogP) is 0.976. The van der Waals surface area contributed by atoms with E-state index in [0.717, 1.165) is 0 Å². The molecule has 5 heteroatoms. The molecule has 4 nitrogen and oxygen atoms in total. The highest BCUT2D eigenvalue weighted by atomic mass is 35.5. The van der Waals surface area contributed by atoms with E-state index in [4.69, 9.17) is 27.5 Å². The van der Waals surface area contributed by atoms with Crippen molar-refractivity contribution in [1.82, 2.24) is 0 Å². The van der Waals surface area contributed by atoms with Crippen molar-refractivity contribution in [3.63, 3.8) is 0 Å². The van der Waals surface area contributed by atoms with Crippen LogP contribution in [0.15, 0.2) is 24.3 Å². The summed E-state index contributed by atoms with van der Waals surface area (Å²) < 4.78 is 0. The fourth-order valence-corrected chi connectivity index (χ4v) is 0.851. The van der Waals surface area contributed by atoms with Crippen LogP contribution in [-0.4, -0.2) is 29.3 Å². The first-order valence-electron chi connectivity index (χ1n) is 3.92. The number of nitrogens with two attached hydrogens (primary N) is 1. The van der Waals surface area contributed by atoms with Gasteiger partial charge in [-0.2, -0.15) is 0 Å². The zero-order valence-corrected chi connectivity index (χ0v) is 8.24. The molecule has 0 aromatic heterocycles. The highest BCUT2D eigenvalue weighted by molar-refractivity contribution is 6.33. The number of aliphatic hydroxyl groups is 1. The minimum Gasteiger partial charge on any atom is -0.478 e. The van der Waals surface area contributed by atoms with Gasteiger partial charge in [-0.15, -0.1) is 0 Å². The number of aliphatic hydroxyl groups excluding tert-OH is 1. The van der Waals surface area contributed by atoms with Crippen molar-refractivity contribution in [1.29, 1.82) is 0 Å². The van der Waals surface area contributed by atoms with Crippen LogP contribution in [0.1, 0.15) is 10.4 Å². The molecule has 0 amide bonds. The summed E-state index contributed by atoms with van der Waals surface area (Å²) in [5.41, 5.74) is 4.92. The molecule has 78 valence electrons. The Morgan fingerprint density at radius 1 is 1.43 bits per heavy atom. The summed E-state index contributed by atoms with van der Waals surface area (Å²) in [5, 5.41) is 16.5. The van der Waals surface area contributed by atoms with Crippen LogP contribution in [-0.2, 0) is 0 Å². The summed E-state index contributed by atoms with van der Waals surface area (Å²) in [6, 6.07) is 6.33. The van der Waals surface area contributed by atoms with E-state index in [1.165, 1.54) is 6.07 Å². The Labute approximate surface area is 86.9 Å². The fourth-order valence-electron chi connectivity index (χ4n) is 0.635. The summed E-state index contributed by atoms with van der Waals surface area (Å²) in [7, 11) is 0. The Bertz CT molecular complexity index is 289. The van der Waals surface area contributed by atoms with E-state index in [1.54, 1.807) is 18.2 Å². The number of carboxylic acids is 1. The van der Waals surface area contributed by atoms with Gasteiger partial charge in [0.05, 0.1) is 17.2 Å². The lowest BCUT2D eigenvalue weighted by Crippen LogP contribution is -2.02. The lowest BCUT2D eigenvalue weighted by Gasteiger charge is -1.94. The third kappa shape index (κ3) is 4.81. The van der Waals surface area contributed by atoms with Crippen molar-refractivity contribution in [3.05, 3.63) is 34.9 Å². The Morgan fingerprint density at radius 3 is 2.21 bits per heavy atom. The zero-order valence-electron chi connectivity index (χ0n) is 7.48. The van der Waals surface area contributed by atoms with Crippen LogP contribution >= 0.6 is 11.6 Å². The molecule has 0 saturated carbocycles. The van der Waals surface area contributed by atoms with Crippen molar-refractivity contribution >= 4 is 17.6 Å². The van der Waals surface area contributed by atoms with Crippen LogP contribution < -0.4 is 5.73 Å². The molecule has 0 aliphatic carbocycles. The second-order valence-electron chi connectivity index (χ2n) is 2.30. The number of aromatic carboxylic acids is 1. The third-order valence-electron chi connectivity index (χ3n) is 1.23. The van der Waals surface area contributed by atoms with Crippen LogP contribution in [0, 0.1) is 0 Å². The average Bonchev–Trinajstić information content (AvgIpc) is 2.18. The highest BCUT2D eigenvalue weighted by Crippen LogP contribution is 2.13. The van der Waals surface area contributed by atoms with Gasteiger partial charge in [0.15, 0.2) is 0 Å². The molecule has 0 unspecified atom stereocenters. The maximum absolute atomic E-state index is 10.3. The summed E-state index contributed by atoms with van der Waals surface area (Å²) in [4.78, 5) is 10.3. The first kappa shape index (κ1) is 12.9. The van der Waals surface area contributed by atoms with Gasteiger partial charge in [0.1, 0.15) is 0 Å². The zero-order chi connectivity index (χ0) is 11.0. The maximum Gasteiger partial charge on any atom is 0.337 e. The SMILES string of the molecule is NCCO.O=C(O)c1ccccc1Cl. The first-order valence-corrected chi connectivity index (χ1v) is 4.30. The van der Waals surface area contributed by atoms with E-state index >= 15 is 0 Å². The molecule has 0 radical (unpaired) electrons. The number of halogens is 1. The van der Waals surface area contributed by atoms with Crippen LogP contribution in [0.3, 0.4) is 0 Å². The molecule has 1 rings (SSSR count). The Balaban J connectivity index is 0.000000364. The van der Waals surface area contributed by atoms with E-state index in [1.807, 2.05) is 0 Å². The molecule has 0 bridgehead atoms. The van der Waals surface area contributed by atoms with Gasteiger partial charge in [0.25, 0.3) is 0 Å². The molecule has 4 N–H and O–H groups in total. The topological polar surface area (TPSA) is 83.5 Å². The van der Waals surface area contributed by atoms with E-state index in [2.05, 4.69) is 0 Å². The van der Waals surface area contributed by atoms with Gasteiger partial charge in [-0.1, -0.05) is 23.7 Å². The Hall–Kier alpha value is -1.10. The summed E-state index contributed by atoms with van der Waals surface area (Å²) >= 11 is 5.54. The van der Waals surface area contributed by atoms with Crippen molar-refractivity contribution in [2.24, 2.45) is 5.73 Å². The predicted molar refractivity (Wildman–Crippen MR) is 54.6 cm³/mol. The van der Waals surface area contributed by atoms with E-state index in [9.17, 15) is 4.79 Å². The number of rotatable bonds is 2. The maximum atomic E-state index is 10.3. The van der Waals surface area contributed by atoms with Crippen LogP contribution in [0.4, 0.5) is 0 Å². The second kappa shape index (κ2) is 7.32. The largest absolute Gasteiger partial charge is 0.478 e. The monoisotopic (exact) mass is 217 g/mol. The van der Waals surface area contributed by atoms with Crippen LogP contribution in [0.25, 0.3) is 0 Å². The van der Waals surface area contributed by atoms with E-state index in [-0.39, 0.29) is 17.2 Å². The van der Waals surface area contributed by atoms with Gasteiger partial charge in [-0.3, -0.25) is 0 Å². The molecular weight excluding hydrogens is 206 g/mol. The van der Waals surface area contributed by atoms with Gasteiger partial charge >= 0.3 is 5.97 Å². The lowest BCUT2D eigenvalue weighted by molar-refractivity contribution is 0.0697. The molecule has 0 saturated heterocycles. The number of hydrogen-bond acceptors (Lipinski definition) is 3. The van der Waals surface area contributed by atoms with Crippen LogP contribution in [0.2, 0.25) is 5.02 Å². The van der Waals surface area contributed by atoms with E-state index < -0.39 is 5.97 Å². The van der Waals surface area contributed by atoms with Gasteiger partial charge in [-0.25, -0.2) is 4.79 Å². The molecule has 1 aromatic rings. The number of benzene rings is 1. The molecule has 0 aliphatic rings. The normalized spacial score (nSPS) is 8.79. The van der Waals surface area contributed by atoms with Gasteiger partial charge in [0.2, 0.25) is 0 Å². The average molecular weight is 218 g/mol. The molecule has 0 heterocycles. The molecule has 1 aromatic carbocycles. The van der Waals surface area contributed by atoms with Crippen molar-refractivity contribution < 1.29 is 15.0 Å². The summed E-state index contributed by atoms with van der Waals surface area (Å²) in [6.07, 6.45) is 0. The Morgan fingerprint density at radius 2 is 1.93 bits per heavy atom. The molecule has 0 aliphatic heterocycles. The van der Waals surface area contributed by atoms with E-state index in [0.29, 0.717) is 6.54 Å². The third-order valence-corrected chi connectivity index (χ3v) is 1.56. The van der Waals surface area contributed by atoms with Crippen molar-refractivity contribution in [3.8, 4) is 0 Å². The minimum absolute atomic E-state index is 0.0972. The molecular formula is C9H12ClNO3.